The molecule has 0 aliphatic heterocycles. The van der Waals surface area contributed by atoms with Crippen LogP contribution in [0.4, 0.5) is 4.79 Å². The molecule has 0 aliphatic carbocycles. The maximum atomic E-state index is 12.8. The van der Waals surface area contributed by atoms with Gasteiger partial charge in [-0.15, -0.1) is 0 Å². The molecule has 2 atom stereocenters. The summed E-state index contributed by atoms with van der Waals surface area (Å²) in [4.78, 5) is 14.4. The topological polar surface area (TPSA) is 70.0 Å². The van der Waals surface area contributed by atoms with Gasteiger partial charge in [-0.05, 0) is 69.5 Å². The van der Waals surface area contributed by atoms with Crippen molar-refractivity contribution in [3.05, 3.63) is 64.1 Å². The van der Waals surface area contributed by atoms with Crippen molar-refractivity contribution in [2.75, 3.05) is 6.54 Å². The standard InChI is InChI=1S/C22H28BrNO4/c1-15(20(26)17-7-11-19(25)12-8-17)24(21(27)28-22(2,3)4)14-13-16-5-9-18(23)10-6-16/h5-12,15,20,25-26H,13-14H2,1-4H3. The van der Waals surface area contributed by atoms with E-state index in [9.17, 15) is 15.0 Å². The molecule has 0 aromatic heterocycles. The van der Waals surface area contributed by atoms with E-state index in [1.54, 1.807) is 24.0 Å². The van der Waals surface area contributed by atoms with Gasteiger partial charge in [0.15, 0.2) is 0 Å². The highest BCUT2D eigenvalue weighted by molar-refractivity contribution is 9.10. The Labute approximate surface area is 175 Å². The summed E-state index contributed by atoms with van der Waals surface area (Å²) in [6, 6.07) is 13.8. The highest BCUT2D eigenvalue weighted by Crippen LogP contribution is 2.25. The number of benzene rings is 2. The van der Waals surface area contributed by atoms with Gasteiger partial charge in [0, 0.05) is 11.0 Å². The van der Waals surface area contributed by atoms with Crippen LogP contribution in [0, 0.1) is 0 Å². The average Bonchev–Trinajstić information content (AvgIpc) is 2.62. The second kappa shape index (κ2) is 9.43. The first-order valence-electron chi connectivity index (χ1n) is 9.28. The molecule has 2 N–H and O–H groups in total. The Morgan fingerprint density at radius 3 is 2.21 bits per heavy atom. The molecule has 2 rings (SSSR count). The molecule has 0 saturated heterocycles. The lowest BCUT2D eigenvalue weighted by Gasteiger charge is -2.34. The second-order valence-corrected chi connectivity index (χ2v) is 8.74. The number of carbonyl (C=O) groups is 1. The smallest absolute Gasteiger partial charge is 0.410 e. The lowest BCUT2D eigenvalue weighted by atomic mass is 10.0. The average molecular weight is 450 g/mol. The second-order valence-electron chi connectivity index (χ2n) is 7.83. The van der Waals surface area contributed by atoms with Gasteiger partial charge in [0.1, 0.15) is 11.4 Å². The minimum Gasteiger partial charge on any atom is -0.508 e. The fraction of sp³-hybridized carbons (Fsp3) is 0.409. The molecule has 1 amide bonds. The van der Waals surface area contributed by atoms with Gasteiger partial charge in [0.05, 0.1) is 12.1 Å². The predicted octanol–water partition coefficient (Wildman–Crippen LogP) is 5.06. The normalized spacial score (nSPS) is 13.6. The summed E-state index contributed by atoms with van der Waals surface area (Å²) < 4.78 is 6.56. The first kappa shape index (κ1) is 22.2. The van der Waals surface area contributed by atoms with E-state index in [4.69, 9.17) is 4.74 Å². The Bertz CT molecular complexity index is 769. The van der Waals surface area contributed by atoms with E-state index in [1.165, 1.54) is 12.1 Å². The van der Waals surface area contributed by atoms with Crippen molar-refractivity contribution in [1.29, 1.82) is 0 Å². The lowest BCUT2D eigenvalue weighted by Crippen LogP contribution is -2.45. The largest absolute Gasteiger partial charge is 0.508 e. The van der Waals surface area contributed by atoms with Crippen LogP contribution in [0.25, 0.3) is 0 Å². The van der Waals surface area contributed by atoms with Crippen molar-refractivity contribution in [1.82, 2.24) is 4.90 Å². The number of halogens is 1. The maximum absolute atomic E-state index is 12.8. The van der Waals surface area contributed by atoms with Gasteiger partial charge in [-0.1, -0.05) is 40.2 Å². The molecule has 28 heavy (non-hydrogen) atoms. The molecule has 0 heterocycles. The number of aliphatic hydroxyl groups is 1. The number of rotatable bonds is 6. The van der Waals surface area contributed by atoms with Crippen LogP contribution in [0.5, 0.6) is 5.75 Å². The summed E-state index contributed by atoms with van der Waals surface area (Å²) in [5, 5.41) is 20.3. The van der Waals surface area contributed by atoms with Crippen molar-refractivity contribution in [3.63, 3.8) is 0 Å². The summed E-state index contributed by atoms with van der Waals surface area (Å²) in [5.74, 6) is 0.128. The first-order chi connectivity index (χ1) is 13.1. The predicted molar refractivity (Wildman–Crippen MR) is 113 cm³/mol. The number of aliphatic hydroxyl groups excluding tert-OH is 1. The van der Waals surface area contributed by atoms with Crippen molar-refractivity contribution in [2.45, 2.75) is 51.9 Å². The fourth-order valence-corrected chi connectivity index (χ4v) is 3.07. The summed E-state index contributed by atoms with van der Waals surface area (Å²) in [5.41, 5.74) is 1.08. The molecule has 0 aliphatic rings. The number of amides is 1. The lowest BCUT2D eigenvalue weighted by molar-refractivity contribution is -0.00239. The summed E-state index contributed by atoms with van der Waals surface area (Å²) in [6.07, 6.45) is -0.730. The summed E-state index contributed by atoms with van der Waals surface area (Å²) in [6.45, 7) is 7.66. The number of hydrogen-bond donors (Lipinski definition) is 2. The molecular formula is C22H28BrNO4. The van der Waals surface area contributed by atoms with E-state index in [0.29, 0.717) is 18.5 Å². The van der Waals surface area contributed by atoms with Crippen LogP contribution in [-0.4, -0.2) is 39.4 Å². The molecule has 2 unspecified atom stereocenters. The summed E-state index contributed by atoms with van der Waals surface area (Å²) in [7, 11) is 0. The Morgan fingerprint density at radius 2 is 1.68 bits per heavy atom. The molecule has 2 aromatic carbocycles. The zero-order valence-electron chi connectivity index (χ0n) is 16.7. The highest BCUT2D eigenvalue weighted by atomic mass is 79.9. The molecule has 0 bridgehead atoms. The van der Waals surface area contributed by atoms with Gasteiger partial charge in [0.25, 0.3) is 0 Å². The molecule has 0 spiro atoms. The van der Waals surface area contributed by atoms with Crippen molar-refractivity contribution in [3.8, 4) is 5.75 Å². The van der Waals surface area contributed by atoms with E-state index < -0.39 is 23.8 Å². The Kier molecular flexibility index (Phi) is 7.49. The Hall–Kier alpha value is -2.05. The quantitative estimate of drug-likeness (QED) is 0.646. The van der Waals surface area contributed by atoms with Gasteiger partial charge >= 0.3 is 6.09 Å². The van der Waals surface area contributed by atoms with Crippen LogP contribution in [0.1, 0.15) is 44.9 Å². The molecule has 0 saturated carbocycles. The third kappa shape index (κ3) is 6.53. The SMILES string of the molecule is CC(C(O)c1ccc(O)cc1)N(CCc1ccc(Br)cc1)C(=O)OC(C)(C)C. The van der Waals surface area contributed by atoms with E-state index in [0.717, 1.165) is 10.0 Å². The number of carbonyl (C=O) groups excluding carboxylic acids is 1. The van der Waals surface area contributed by atoms with Gasteiger partial charge in [-0.3, -0.25) is 0 Å². The highest BCUT2D eigenvalue weighted by Gasteiger charge is 2.30. The molecule has 0 radical (unpaired) electrons. The number of phenolic OH excluding ortho intramolecular Hbond substituents is 1. The molecular weight excluding hydrogens is 422 g/mol. The van der Waals surface area contributed by atoms with E-state index >= 15 is 0 Å². The number of phenols is 1. The number of ether oxygens (including phenoxy) is 1. The van der Waals surface area contributed by atoms with Crippen LogP contribution in [0.2, 0.25) is 0 Å². The van der Waals surface area contributed by atoms with Gasteiger partial charge in [-0.2, -0.15) is 0 Å². The third-order valence-corrected chi connectivity index (χ3v) is 4.89. The van der Waals surface area contributed by atoms with Gasteiger partial charge in [0.2, 0.25) is 0 Å². The van der Waals surface area contributed by atoms with Crippen LogP contribution in [-0.2, 0) is 11.2 Å². The minimum absolute atomic E-state index is 0.128. The Morgan fingerprint density at radius 1 is 1.11 bits per heavy atom. The van der Waals surface area contributed by atoms with E-state index in [-0.39, 0.29) is 5.75 Å². The third-order valence-electron chi connectivity index (χ3n) is 4.37. The number of aromatic hydroxyl groups is 1. The zero-order chi connectivity index (χ0) is 20.9. The zero-order valence-corrected chi connectivity index (χ0v) is 18.3. The van der Waals surface area contributed by atoms with Crippen LogP contribution in [0.15, 0.2) is 53.0 Å². The van der Waals surface area contributed by atoms with E-state index in [2.05, 4.69) is 15.9 Å². The van der Waals surface area contributed by atoms with Crippen molar-refractivity contribution in [2.24, 2.45) is 0 Å². The molecule has 5 nitrogen and oxygen atoms in total. The van der Waals surface area contributed by atoms with Crippen LogP contribution < -0.4 is 0 Å². The van der Waals surface area contributed by atoms with Crippen molar-refractivity contribution < 1.29 is 19.7 Å². The minimum atomic E-state index is -0.905. The number of nitrogens with zero attached hydrogens (tertiary/aromatic N) is 1. The molecule has 0 fully saturated rings. The summed E-state index contributed by atoms with van der Waals surface area (Å²) >= 11 is 3.42. The maximum Gasteiger partial charge on any atom is 0.410 e. The molecule has 152 valence electrons. The van der Waals surface area contributed by atoms with Gasteiger partial charge in [-0.25, -0.2) is 4.79 Å². The van der Waals surface area contributed by atoms with E-state index in [1.807, 2.05) is 45.0 Å². The first-order valence-corrected chi connectivity index (χ1v) is 10.1. The number of hydrogen-bond acceptors (Lipinski definition) is 4. The van der Waals surface area contributed by atoms with Crippen LogP contribution >= 0.6 is 15.9 Å². The fourth-order valence-electron chi connectivity index (χ4n) is 2.80. The van der Waals surface area contributed by atoms with Crippen LogP contribution in [0.3, 0.4) is 0 Å². The molecule has 2 aromatic rings. The monoisotopic (exact) mass is 449 g/mol. The van der Waals surface area contributed by atoms with Crippen molar-refractivity contribution >= 4 is 22.0 Å². The molecule has 6 heteroatoms. The Balaban J connectivity index is 2.18. The van der Waals surface area contributed by atoms with Gasteiger partial charge < -0.3 is 19.8 Å².